The fourth-order valence-corrected chi connectivity index (χ4v) is 2.71. The second kappa shape index (κ2) is 7.41. The number of halogens is 1. The Hall–Kier alpha value is -1.61. The number of rotatable bonds is 5. The quantitative estimate of drug-likeness (QED) is 0.775. The SMILES string of the molecule is CCC(C(=O)N(C)Cc1ccc(Br)cc1)c1ccccc1. The van der Waals surface area contributed by atoms with Gasteiger partial charge in [0, 0.05) is 18.1 Å². The van der Waals surface area contributed by atoms with Crippen LogP contribution in [0.4, 0.5) is 0 Å². The lowest BCUT2D eigenvalue weighted by atomic mass is 9.95. The molecule has 2 aromatic rings. The average Bonchev–Trinajstić information content (AvgIpc) is 2.51. The van der Waals surface area contributed by atoms with Crippen LogP contribution < -0.4 is 0 Å². The molecule has 0 heterocycles. The van der Waals surface area contributed by atoms with Gasteiger partial charge in [0.1, 0.15) is 0 Å². The summed E-state index contributed by atoms with van der Waals surface area (Å²) < 4.78 is 1.05. The highest BCUT2D eigenvalue weighted by Gasteiger charge is 2.21. The number of carbonyl (C=O) groups is 1. The van der Waals surface area contributed by atoms with E-state index in [1.54, 1.807) is 0 Å². The summed E-state index contributed by atoms with van der Waals surface area (Å²) in [5.74, 6) is 0.110. The molecular weight excluding hydrogens is 326 g/mol. The molecule has 0 aliphatic heterocycles. The molecule has 0 aliphatic carbocycles. The zero-order valence-electron chi connectivity index (χ0n) is 12.4. The van der Waals surface area contributed by atoms with E-state index in [1.807, 2.05) is 66.5 Å². The summed E-state index contributed by atoms with van der Waals surface area (Å²) in [6.07, 6.45) is 0.813. The first-order valence-electron chi connectivity index (χ1n) is 7.16. The normalized spacial score (nSPS) is 12.0. The molecular formula is C18H20BrNO. The van der Waals surface area contributed by atoms with Crippen molar-refractivity contribution in [2.75, 3.05) is 7.05 Å². The maximum atomic E-state index is 12.7. The van der Waals surface area contributed by atoms with Crippen LogP contribution in [0.15, 0.2) is 59.1 Å². The second-order valence-corrected chi connectivity index (χ2v) is 6.11. The van der Waals surface area contributed by atoms with Gasteiger partial charge in [0.05, 0.1) is 5.92 Å². The van der Waals surface area contributed by atoms with Gasteiger partial charge in [0.25, 0.3) is 0 Å². The van der Waals surface area contributed by atoms with E-state index < -0.39 is 0 Å². The third-order valence-electron chi connectivity index (χ3n) is 3.62. The Morgan fingerprint density at radius 3 is 2.29 bits per heavy atom. The topological polar surface area (TPSA) is 20.3 Å². The van der Waals surface area contributed by atoms with Crippen LogP contribution in [0.3, 0.4) is 0 Å². The summed E-state index contributed by atoms with van der Waals surface area (Å²) in [6, 6.07) is 18.1. The molecule has 3 heteroatoms. The molecule has 0 fully saturated rings. The number of hydrogen-bond donors (Lipinski definition) is 0. The Bertz CT molecular complexity index is 580. The van der Waals surface area contributed by atoms with Crippen LogP contribution in [-0.2, 0) is 11.3 Å². The molecule has 2 aromatic carbocycles. The first-order valence-corrected chi connectivity index (χ1v) is 7.95. The van der Waals surface area contributed by atoms with Gasteiger partial charge in [-0.25, -0.2) is 0 Å². The largest absolute Gasteiger partial charge is 0.341 e. The summed E-state index contributed by atoms with van der Waals surface area (Å²) in [5, 5.41) is 0. The predicted octanol–water partition coefficient (Wildman–Crippen LogP) is 4.60. The van der Waals surface area contributed by atoms with E-state index in [4.69, 9.17) is 0 Å². The minimum atomic E-state index is -0.0633. The number of nitrogens with zero attached hydrogens (tertiary/aromatic N) is 1. The number of hydrogen-bond acceptors (Lipinski definition) is 1. The van der Waals surface area contributed by atoms with Gasteiger partial charge in [-0.15, -0.1) is 0 Å². The van der Waals surface area contributed by atoms with Crippen LogP contribution >= 0.6 is 15.9 Å². The lowest BCUT2D eigenvalue weighted by Gasteiger charge is -2.23. The minimum absolute atomic E-state index is 0.0633. The maximum Gasteiger partial charge on any atom is 0.230 e. The molecule has 0 aliphatic rings. The average molecular weight is 346 g/mol. The van der Waals surface area contributed by atoms with E-state index in [9.17, 15) is 4.79 Å². The van der Waals surface area contributed by atoms with Gasteiger partial charge < -0.3 is 4.90 Å². The Kier molecular flexibility index (Phi) is 5.57. The van der Waals surface area contributed by atoms with Crippen LogP contribution in [-0.4, -0.2) is 17.9 Å². The van der Waals surface area contributed by atoms with Crippen LogP contribution in [0.5, 0.6) is 0 Å². The highest BCUT2D eigenvalue weighted by atomic mass is 79.9. The molecule has 110 valence electrons. The van der Waals surface area contributed by atoms with Gasteiger partial charge in [0.2, 0.25) is 5.91 Å². The first kappa shape index (κ1) is 15.8. The molecule has 1 amide bonds. The van der Waals surface area contributed by atoms with E-state index >= 15 is 0 Å². The molecule has 21 heavy (non-hydrogen) atoms. The van der Waals surface area contributed by atoms with Crippen molar-refractivity contribution in [1.82, 2.24) is 4.90 Å². The van der Waals surface area contributed by atoms with Crippen LogP contribution in [0.25, 0.3) is 0 Å². The maximum absolute atomic E-state index is 12.7. The van der Waals surface area contributed by atoms with Crippen LogP contribution in [0.1, 0.15) is 30.4 Å². The summed E-state index contributed by atoms with van der Waals surface area (Å²) in [4.78, 5) is 14.5. The van der Waals surface area contributed by atoms with Gasteiger partial charge in [-0.2, -0.15) is 0 Å². The van der Waals surface area contributed by atoms with Crippen molar-refractivity contribution in [1.29, 1.82) is 0 Å². The highest BCUT2D eigenvalue weighted by molar-refractivity contribution is 9.10. The molecule has 0 N–H and O–H groups in total. The monoisotopic (exact) mass is 345 g/mol. The Morgan fingerprint density at radius 2 is 1.71 bits per heavy atom. The molecule has 1 unspecified atom stereocenters. The Balaban J connectivity index is 2.08. The van der Waals surface area contributed by atoms with Gasteiger partial charge in [0.15, 0.2) is 0 Å². The molecule has 0 saturated heterocycles. The Morgan fingerprint density at radius 1 is 1.10 bits per heavy atom. The third-order valence-corrected chi connectivity index (χ3v) is 4.15. The smallest absolute Gasteiger partial charge is 0.230 e. The van der Waals surface area contributed by atoms with Crippen molar-refractivity contribution in [3.05, 3.63) is 70.2 Å². The van der Waals surface area contributed by atoms with E-state index in [0.717, 1.165) is 22.0 Å². The number of benzene rings is 2. The molecule has 0 bridgehead atoms. The van der Waals surface area contributed by atoms with Crippen molar-refractivity contribution in [2.24, 2.45) is 0 Å². The fraction of sp³-hybridized carbons (Fsp3) is 0.278. The van der Waals surface area contributed by atoms with Gasteiger partial charge >= 0.3 is 0 Å². The summed E-state index contributed by atoms with van der Waals surface area (Å²) in [7, 11) is 1.87. The molecule has 2 rings (SSSR count). The van der Waals surface area contributed by atoms with Gasteiger partial charge in [-0.1, -0.05) is 65.3 Å². The van der Waals surface area contributed by atoms with Gasteiger partial charge in [-0.3, -0.25) is 4.79 Å². The predicted molar refractivity (Wildman–Crippen MR) is 90.1 cm³/mol. The third kappa shape index (κ3) is 4.18. The van der Waals surface area contributed by atoms with Crippen LogP contribution in [0, 0.1) is 0 Å². The molecule has 0 aromatic heterocycles. The standard InChI is InChI=1S/C18H20BrNO/c1-3-17(15-7-5-4-6-8-15)18(21)20(2)13-14-9-11-16(19)12-10-14/h4-12,17H,3,13H2,1-2H3. The number of amides is 1. The number of carbonyl (C=O) groups excluding carboxylic acids is 1. The Labute approximate surface area is 134 Å². The van der Waals surface area contributed by atoms with E-state index in [2.05, 4.69) is 22.9 Å². The zero-order valence-corrected chi connectivity index (χ0v) is 14.0. The van der Waals surface area contributed by atoms with Crippen molar-refractivity contribution < 1.29 is 4.79 Å². The summed E-state index contributed by atoms with van der Waals surface area (Å²) in [6.45, 7) is 2.69. The van der Waals surface area contributed by atoms with E-state index in [-0.39, 0.29) is 11.8 Å². The van der Waals surface area contributed by atoms with E-state index in [0.29, 0.717) is 6.54 Å². The van der Waals surface area contributed by atoms with Crippen molar-refractivity contribution in [3.8, 4) is 0 Å². The lowest BCUT2D eigenvalue weighted by molar-refractivity contribution is -0.132. The molecule has 1 atom stereocenters. The fourth-order valence-electron chi connectivity index (χ4n) is 2.45. The lowest BCUT2D eigenvalue weighted by Crippen LogP contribution is -2.31. The minimum Gasteiger partial charge on any atom is -0.341 e. The molecule has 2 nitrogen and oxygen atoms in total. The first-order chi connectivity index (χ1) is 10.1. The molecule has 0 radical (unpaired) electrons. The van der Waals surface area contributed by atoms with Crippen molar-refractivity contribution >= 4 is 21.8 Å². The zero-order chi connectivity index (χ0) is 15.2. The summed E-state index contributed by atoms with van der Waals surface area (Å²) >= 11 is 3.43. The van der Waals surface area contributed by atoms with E-state index in [1.165, 1.54) is 0 Å². The van der Waals surface area contributed by atoms with Crippen molar-refractivity contribution in [3.63, 3.8) is 0 Å². The summed E-state index contributed by atoms with van der Waals surface area (Å²) in [5.41, 5.74) is 2.23. The molecule has 0 spiro atoms. The highest BCUT2D eigenvalue weighted by Crippen LogP contribution is 2.22. The van der Waals surface area contributed by atoms with Crippen LogP contribution in [0.2, 0.25) is 0 Å². The van der Waals surface area contributed by atoms with Gasteiger partial charge in [-0.05, 0) is 29.7 Å². The van der Waals surface area contributed by atoms with Crippen molar-refractivity contribution in [2.45, 2.75) is 25.8 Å². The second-order valence-electron chi connectivity index (χ2n) is 5.19. The molecule has 0 saturated carbocycles. The number of likely N-dealkylation sites (N-methyl/N-ethyl adjacent to an activating group) is 1.